The molecule has 1 aliphatic rings. The zero-order valence-corrected chi connectivity index (χ0v) is 17.2. The third-order valence-electron chi connectivity index (χ3n) is 4.75. The van der Waals surface area contributed by atoms with Crippen LogP contribution in [0.1, 0.15) is 27.7 Å². The Labute approximate surface area is 164 Å². The maximum Gasteiger partial charge on any atom is 0.498 e. The number of hydrogen-bond acceptors (Lipinski definition) is 5. The molecule has 3 rings (SSSR count). The first-order valence-corrected chi connectivity index (χ1v) is 9.68. The van der Waals surface area contributed by atoms with Gasteiger partial charge in [0.15, 0.2) is 0 Å². The molecular formula is C19H23BClNO3S. The highest BCUT2D eigenvalue weighted by atomic mass is 35.5. The van der Waals surface area contributed by atoms with Crippen molar-refractivity contribution in [2.45, 2.75) is 43.8 Å². The Balaban J connectivity index is 1.96. The van der Waals surface area contributed by atoms with E-state index in [0.717, 1.165) is 10.4 Å². The van der Waals surface area contributed by atoms with Crippen molar-refractivity contribution in [3.05, 3.63) is 47.5 Å². The van der Waals surface area contributed by atoms with Crippen LogP contribution in [0.4, 0.5) is 0 Å². The number of hydrogen-bond donors (Lipinski definition) is 1. The molecule has 0 aromatic heterocycles. The van der Waals surface area contributed by atoms with Crippen LogP contribution in [0.2, 0.25) is 5.02 Å². The Morgan fingerprint density at radius 3 is 2.19 bits per heavy atom. The van der Waals surface area contributed by atoms with Crippen LogP contribution in [0, 0.1) is 0 Å². The third-order valence-corrected chi connectivity index (χ3v) is 5.70. The number of nitrogens with one attached hydrogen (secondary N) is 1. The highest BCUT2D eigenvalue weighted by Crippen LogP contribution is 2.38. The maximum absolute atomic E-state index is 6.23. The van der Waals surface area contributed by atoms with Crippen LogP contribution in [0.3, 0.4) is 0 Å². The van der Waals surface area contributed by atoms with Crippen molar-refractivity contribution in [2.75, 3.05) is 7.05 Å². The molecule has 2 aromatic carbocycles. The van der Waals surface area contributed by atoms with E-state index in [4.69, 9.17) is 25.6 Å². The summed E-state index contributed by atoms with van der Waals surface area (Å²) in [6.45, 7) is 8.16. The van der Waals surface area contributed by atoms with Crippen LogP contribution in [0.15, 0.2) is 47.4 Å². The first-order valence-electron chi connectivity index (χ1n) is 8.48. The molecule has 0 bridgehead atoms. The Morgan fingerprint density at radius 2 is 1.62 bits per heavy atom. The molecule has 1 heterocycles. The SMILES string of the molecule is CNSc1ccc(Oc2ccc(Cl)cc2)c(B2OC(C)(C)C(C)(C)O2)c1. The van der Waals surface area contributed by atoms with Crippen LogP contribution >= 0.6 is 23.5 Å². The molecule has 1 aliphatic heterocycles. The molecule has 0 radical (unpaired) electrons. The molecule has 1 fully saturated rings. The van der Waals surface area contributed by atoms with E-state index in [1.54, 1.807) is 12.1 Å². The normalized spacial score (nSPS) is 18.2. The standard InChI is InChI=1S/C19H23BClNO3S/c1-18(2)19(3,4)25-20(24-18)16-12-15(26-22-5)10-11-17(16)23-14-8-6-13(21)7-9-14/h6-12,22H,1-5H3. The largest absolute Gasteiger partial charge is 0.498 e. The minimum absolute atomic E-state index is 0.415. The summed E-state index contributed by atoms with van der Waals surface area (Å²) in [6.07, 6.45) is 0. The lowest BCUT2D eigenvalue weighted by atomic mass is 9.78. The van der Waals surface area contributed by atoms with Crippen molar-refractivity contribution in [3.63, 3.8) is 0 Å². The summed E-state index contributed by atoms with van der Waals surface area (Å²) >= 11 is 7.49. The fourth-order valence-electron chi connectivity index (χ4n) is 2.58. The Morgan fingerprint density at radius 1 is 1.00 bits per heavy atom. The van der Waals surface area contributed by atoms with Crippen molar-refractivity contribution in [3.8, 4) is 11.5 Å². The van der Waals surface area contributed by atoms with E-state index in [2.05, 4.69) is 4.72 Å². The lowest BCUT2D eigenvalue weighted by molar-refractivity contribution is 0.00578. The summed E-state index contributed by atoms with van der Waals surface area (Å²) < 4.78 is 21.6. The predicted octanol–water partition coefficient (Wildman–Crippen LogP) is 4.66. The van der Waals surface area contributed by atoms with E-state index in [0.29, 0.717) is 16.5 Å². The van der Waals surface area contributed by atoms with E-state index in [9.17, 15) is 0 Å². The lowest BCUT2D eigenvalue weighted by Gasteiger charge is -2.32. The van der Waals surface area contributed by atoms with Crippen molar-refractivity contribution in [1.29, 1.82) is 0 Å². The molecule has 1 N–H and O–H groups in total. The molecule has 0 amide bonds. The van der Waals surface area contributed by atoms with Crippen LogP contribution in [0.25, 0.3) is 0 Å². The van der Waals surface area contributed by atoms with Crippen molar-refractivity contribution < 1.29 is 14.0 Å². The molecule has 1 saturated heterocycles. The Kier molecular flexibility index (Phi) is 5.61. The van der Waals surface area contributed by atoms with Gasteiger partial charge in [-0.3, -0.25) is 4.72 Å². The van der Waals surface area contributed by atoms with Gasteiger partial charge in [-0.2, -0.15) is 0 Å². The van der Waals surface area contributed by atoms with Crippen LogP contribution in [-0.4, -0.2) is 25.4 Å². The molecule has 26 heavy (non-hydrogen) atoms. The first kappa shape index (κ1) is 19.6. The number of benzene rings is 2. The van der Waals surface area contributed by atoms with Crippen LogP contribution < -0.4 is 14.9 Å². The molecule has 7 heteroatoms. The van der Waals surface area contributed by atoms with E-state index in [1.807, 2.05) is 65.1 Å². The van der Waals surface area contributed by atoms with Gasteiger partial charge in [0.1, 0.15) is 11.5 Å². The molecule has 2 aromatic rings. The van der Waals surface area contributed by atoms with Crippen molar-refractivity contribution in [1.82, 2.24) is 4.72 Å². The van der Waals surface area contributed by atoms with Gasteiger partial charge in [0.05, 0.1) is 11.2 Å². The van der Waals surface area contributed by atoms with Gasteiger partial charge >= 0.3 is 7.12 Å². The minimum atomic E-state index is -0.500. The van der Waals surface area contributed by atoms with E-state index >= 15 is 0 Å². The molecule has 4 nitrogen and oxygen atoms in total. The molecular weight excluding hydrogens is 369 g/mol. The number of halogens is 1. The monoisotopic (exact) mass is 391 g/mol. The fraction of sp³-hybridized carbons (Fsp3) is 0.368. The fourth-order valence-corrected chi connectivity index (χ4v) is 3.27. The maximum atomic E-state index is 6.23. The predicted molar refractivity (Wildman–Crippen MR) is 109 cm³/mol. The van der Waals surface area contributed by atoms with E-state index in [1.165, 1.54) is 11.9 Å². The smallest absolute Gasteiger partial charge is 0.458 e. The van der Waals surface area contributed by atoms with Gasteiger partial charge in [0, 0.05) is 15.4 Å². The third kappa shape index (κ3) is 4.05. The van der Waals surface area contributed by atoms with Gasteiger partial charge in [-0.1, -0.05) is 11.6 Å². The van der Waals surface area contributed by atoms with Gasteiger partial charge in [0.25, 0.3) is 0 Å². The Hall–Kier alpha value is -1.18. The highest BCUT2D eigenvalue weighted by Gasteiger charge is 2.52. The number of rotatable bonds is 5. The molecule has 0 saturated carbocycles. The van der Waals surface area contributed by atoms with Crippen molar-refractivity contribution >= 4 is 36.1 Å². The van der Waals surface area contributed by atoms with E-state index in [-0.39, 0.29) is 0 Å². The van der Waals surface area contributed by atoms with Crippen LogP contribution in [-0.2, 0) is 9.31 Å². The molecule has 138 valence electrons. The summed E-state index contributed by atoms with van der Waals surface area (Å²) in [5.41, 5.74) is 0.0294. The second-order valence-corrected chi connectivity index (χ2v) is 8.67. The molecule has 0 atom stereocenters. The second kappa shape index (κ2) is 7.45. The summed E-state index contributed by atoms with van der Waals surface area (Å²) in [4.78, 5) is 1.06. The van der Waals surface area contributed by atoms with Crippen LogP contribution in [0.5, 0.6) is 11.5 Å². The summed E-state index contributed by atoms with van der Waals surface area (Å²) in [5, 5.41) is 0.671. The van der Waals surface area contributed by atoms with Gasteiger partial charge in [0.2, 0.25) is 0 Å². The summed E-state index contributed by atoms with van der Waals surface area (Å²) in [7, 11) is 1.39. The lowest BCUT2D eigenvalue weighted by Crippen LogP contribution is -2.41. The highest BCUT2D eigenvalue weighted by molar-refractivity contribution is 7.97. The van der Waals surface area contributed by atoms with E-state index < -0.39 is 18.3 Å². The zero-order chi connectivity index (χ0) is 18.9. The van der Waals surface area contributed by atoms with Gasteiger partial charge < -0.3 is 14.0 Å². The van der Waals surface area contributed by atoms with Gasteiger partial charge in [-0.15, -0.1) is 0 Å². The van der Waals surface area contributed by atoms with Gasteiger partial charge in [-0.25, -0.2) is 0 Å². The van der Waals surface area contributed by atoms with Crippen molar-refractivity contribution in [2.24, 2.45) is 0 Å². The average Bonchev–Trinajstić information content (AvgIpc) is 2.79. The number of ether oxygens (including phenoxy) is 1. The quantitative estimate of drug-likeness (QED) is 0.593. The van der Waals surface area contributed by atoms with Gasteiger partial charge in [-0.05, 0) is 89.2 Å². The molecule has 0 spiro atoms. The minimum Gasteiger partial charge on any atom is -0.458 e. The topological polar surface area (TPSA) is 39.7 Å². The second-order valence-electron chi connectivity index (χ2n) is 7.15. The molecule has 0 unspecified atom stereocenters. The summed E-state index contributed by atoms with van der Waals surface area (Å²) in [6, 6.07) is 13.3. The average molecular weight is 392 g/mol. The first-order chi connectivity index (χ1) is 12.2. The molecule has 0 aliphatic carbocycles. The summed E-state index contributed by atoms with van der Waals surface area (Å²) in [5.74, 6) is 1.41. The zero-order valence-electron chi connectivity index (χ0n) is 15.6. The Bertz CT molecular complexity index is 767.